The van der Waals surface area contributed by atoms with Crippen LogP contribution in [-0.2, 0) is 47.6 Å². The number of carbonyl (C=O) groups is 4. The molecule has 6 atom stereocenters. The first-order chi connectivity index (χ1) is 16.2. The fourth-order valence-electron chi connectivity index (χ4n) is 3.32. The van der Waals surface area contributed by atoms with Crippen LogP contribution in [0.25, 0.3) is 0 Å². The van der Waals surface area contributed by atoms with E-state index in [9.17, 15) is 19.2 Å². The van der Waals surface area contributed by atoms with Crippen LogP contribution in [0, 0.1) is 0 Å². The predicted molar refractivity (Wildman–Crippen MR) is 124 cm³/mol. The zero-order chi connectivity index (χ0) is 25.3. The molecule has 1 fully saturated rings. The number of methoxy groups -OCH3 is 2. The van der Waals surface area contributed by atoms with Gasteiger partial charge in [-0.2, -0.15) is 0 Å². The molecule has 1 aromatic carbocycles. The normalized spacial score (nSPS) is 25.0. The fourth-order valence-corrected chi connectivity index (χ4v) is 5.99. The summed E-state index contributed by atoms with van der Waals surface area (Å²) in [5.74, 6) is -2.16. The van der Waals surface area contributed by atoms with Crippen molar-refractivity contribution in [1.82, 2.24) is 0 Å². The van der Waals surface area contributed by atoms with Crippen LogP contribution in [0.1, 0.15) is 31.6 Å². The second kappa shape index (κ2) is 13.6. The van der Waals surface area contributed by atoms with Crippen LogP contribution in [0.2, 0.25) is 0 Å². The maximum absolute atomic E-state index is 12.3. The summed E-state index contributed by atoms with van der Waals surface area (Å²) in [4.78, 5) is 47.6. The second-order valence-corrected chi connectivity index (χ2v) is 9.71. The largest absolute Gasteiger partial charge is 0.468 e. The van der Waals surface area contributed by atoms with E-state index in [4.69, 9.17) is 28.4 Å². The first kappa shape index (κ1) is 28.0. The molecule has 1 heterocycles. The van der Waals surface area contributed by atoms with Gasteiger partial charge in [0.05, 0.1) is 7.11 Å². The van der Waals surface area contributed by atoms with Crippen LogP contribution in [0.15, 0.2) is 30.3 Å². The Labute approximate surface area is 205 Å². The first-order valence-corrected chi connectivity index (χ1v) is 12.7. The van der Waals surface area contributed by atoms with Crippen molar-refractivity contribution in [2.24, 2.45) is 0 Å². The molecule has 1 aliphatic rings. The summed E-state index contributed by atoms with van der Waals surface area (Å²) in [5.41, 5.74) is 0.760. The number of carbonyl (C=O) groups excluding carboxylic acids is 4. The van der Waals surface area contributed by atoms with Crippen LogP contribution < -0.4 is 0 Å². The van der Waals surface area contributed by atoms with Crippen molar-refractivity contribution < 1.29 is 47.6 Å². The van der Waals surface area contributed by atoms with Crippen molar-refractivity contribution in [3.63, 3.8) is 0 Å². The van der Waals surface area contributed by atoms with Gasteiger partial charge in [-0.15, -0.1) is 0 Å². The molecule has 1 saturated heterocycles. The highest BCUT2D eigenvalue weighted by Crippen LogP contribution is 2.41. The lowest BCUT2D eigenvalue weighted by Gasteiger charge is -2.43. The lowest BCUT2D eigenvalue weighted by atomic mass is 9.98. The summed E-state index contributed by atoms with van der Waals surface area (Å²) < 4.78 is 32.3. The Hall–Kier alpha value is -2.28. The van der Waals surface area contributed by atoms with Crippen LogP contribution in [0.4, 0.5) is 0 Å². The Balaban J connectivity index is 2.24. The molecule has 0 saturated carbocycles. The van der Waals surface area contributed by atoms with Crippen molar-refractivity contribution in [2.45, 2.75) is 56.7 Å². The van der Waals surface area contributed by atoms with Gasteiger partial charge in [-0.05, 0) is 5.56 Å². The molecular formula is C22H28O10S2. The van der Waals surface area contributed by atoms with Gasteiger partial charge in [0.15, 0.2) is 24.6 Å². The highest BCUT2D eigenvalue weighted by Gasteiger charge is 2.52. The van der Waals surface area contributed by atoms with Gasteiger partial charge in [0.25, 0.3) is 0 Å². The monoisotopic (exact) mass is 516 g/mol. The number of benzene rings is 1. The maximum atomic E-state index is 12.3. The number of hydrogen-bond acceptors (Lipinski definition) is 12. The third kappa shape index (κ3) is 7.90. The number of rotatable bonds is 10. The number of ether oxygens (including phenoxy) is 6. The van der Waals surface area contributed by atoms with Crippen molar-refractivity contribution in [1.29, 1.82) is 0 Å². The molecule has 1 unspecified atom stereocenters. The lowest BCUT2D eigenvalue weighted by Crippen LogP contribution is -2.62. The van der Waals surface area contributed by atoms with E-state index >= 15 is 0 Å². The van der Waals surface area contributed by atoms with E-state index in [0.29, 0.717) is 0 Å². The van der Waals surface area contributed by atoms with Crippen molar-refractivity contribution >= 4 is 45.5 Å². The van der Waals surface area contributed by atoms with Crippen molar-refractivity contribution in [3.05, 3.63) is 35.9 Å². The zero-order valence-corrected chi connectivity index (χ0v) is 21.1. The fraction of sp³-hybridized carbons (Fsp3) is 0.545. The minimum atomic E-state index is -1.16. The third-order valence-corrected chi connectivity index (χ3v) is 7.30. The Morgan fingerprint density at radius 1 is 0.882 bits per heavy atom. The van der Waals surface area contributed by atoms with Gasteiger partial charge in [0, 0.05) is 33.6 Å². The summed E-state index contributed by atoms with van der Waals surface area (Å²) in [6.45, 7) is 3.58. The van der Waals surface area contributed by atoms with E-state index in [-0.39, 0.29) is 5.75 Å². The van der Waals surface area contributed by atoms with Crippen LogP contribution >= 0.6 is 21.6 Å². The summed E-state index contributed by atoms with van der Waals surface area (Å²) >= 11 is 0. The quantitative estimate of drug-likeness (QED) is 0.258. The van der Waals surface area contributed by atoms with Gasteiger partial charge in [-0.1, -0.05) is 51.9 Å². The summed E-state index contributed by atoms with van der Waals surface area (Å²) in [5, 5.41) is -0.608. The van der Waals surface area contributed by atoms with E-state index in [1.165, 1.54) is 56.6 Å². The highest BCUT2D eigenvalue weighted by molar-refractivity contribution is 8.77. The minimum Gasteiger partial charge on any atom is -0.468 e. The van der Waals surface area contributed by atoms with Gasteiger partial charge < -0.3 is 28.4 Å². The van der Waals surface area contributed by atoms with Gasteiger partial charge in [0.1, 0.15) is 11.4 Å². The molecule has 0 aromatic heterocycles. The van der Waals surface area contributed by atoms with Crippen molar-refractivity contribution in [2.75, 3.05) is 20.0 Å². The van der Waals surface area contributed by atoms with E-state index < -0.39 is 59.8 Å². The smallest absolute Gasteiger partial charge is 0.324 e. The first-order valence-electron chi connectivity index (χ1n) is 10.3. The molecule has 0 bridgehead atoms. The SMILES string of the molecule is COC(=O)C(SSC[C@H]1O[C@@H](OC)[C@H](OC(C)=O)[C@@H](OC(C)=O)[C@H]1OC(C)=O)c1ccccc1. The lowest BCUT2D eigenvalue weighted by molar-refractivity contribution is -0.293. The summed E-state index contributed by atoms with van der Waals surface area (Å²) in [7, 11) is 5.19. The van der Waals surface area contributed by atoms with Crippen LogP contribution in [-0.4, -0.2) is 74.6 Å². The topological polar surface area (TPSA) is 124 Å². The molecular weight excluding hydrogens is 488 g/mol. The number of hydrogen-bond donors (Lipinski definition) is 0. The minimum absolute atomic E-state index is 0.216. The zero-order valence-electron chi connectivity index (χ0n) is 19.5. The molecule has 0 amide bonds. The molecule has 1 aromatic rings. The maximum Gasteiger partial charge on any atom is 0.324 e. The second-order valence-electron chi connectivity index (χ2n) is 7.20. The van der Waals surface area contributed by atoms with Gasteiger partial charge in [-0.25, -0.2) is 0 Å². The van der Waals surface area contributed by atoms with Gasteiger partial charge >= 0.3 is 23.9 Å². The third-order valence-electron chi connectivity index (χ3n) is 4.64. The molecule has 0 aliphatic carbocycles. The predicted octanol–water partition coefficient (Wildman–Crippen LogP) is 2.45. The number of esters is 4. The molecule has 0 N–H and O–H groups in total. The molecule has 2 rings (SSSR count). The molecule has 0 spiro atoms. The Morgan fingerprint density at radius 3 is 1.97 bits per heavy atom. The van der Waals surface area contributed by atoms with E-state index in [2.05, 4.69) is 0 Å². The van der Waals surface area contributed by atoms with Crippen molar-refractivity contribution in [3.8, 4) is 0 Å². The summed E-state index contributed by atoms with van der Waals surface area (Å²) in [6.07, 6.45) is -5.29. The van der Waals surface area contributed by atoms with E-state index in [0.717, 1.165) is 5.56 Å². The average molecular weight is 517 g/mol. The Morgan fingerprint density at radius 2 is 1.44 bits per heavy atom. The molecule has 34 heavy (non-hydrogen) atoms. The van der Waals surface area contributed by atoms with E-state index in [1.54, 1.807) is 0 Å². The molecule has 0 radical (unpaired) electrons. The Kier molecular flexibility index (Phi) is 11.2. The Bertz CT molecular complexity index is 849. The van der Waals surface area contributed by atoms with Gasteiger partial charge in [-0.3, -0.25) is 19.2 Å². The summed E-state index contributed by atoms with van der Waals surface area (Å²) in [6, 6.07) is 9.11. The molecule has 10 nitrogen and oxygen atoms in total. The molecule has 188 valence electrons. The van der Waals surface area contributed by atoms with Crippen LogP contribution in [0.5, 0.6) is 0 Å². The van der Waals surface area contributed by atoms with Gasteiger partial charge in [0.2, 0.25) is 0 Å². The average Bonchev–Trinajstić information content (AvgIpc) is 2.79. The van der Waals surface area contributed by atoms with Crippen LogP contribution in [0.3, 0.4) is 0 Å². The van der Waals surface area contributed by atoms with E-state index in [1.807, 2.05) is 30.3 Å². The molecule has 1 aliphatic heterocycles. The standard InChI is InChI=1S/C22H28O10S2/c1-12(23)29-17-16(11-33-34-20(21(26)27-4)15-9-7-6-8-10-15)32-22(28-5)19(31-14(3)25)18(17)30-13(2)24/h6-10,16-20,22H,11H2,1-5H3/t16-,17+,18+,19-,20?,22-/m1/s1. The molecule has 12 heteroatoms. The highest BCUT2D eigenvalue weighted by atomic mass is 33.1.